The number of halogens is 4. The molecule has 4 aromatic rings. The summed E-state index contributed by atoms with van der Waals surface area (Å²) in [7, 11) is 0. The molecule has 36 heavy (non-hydrogen) atoms. The topological polar surface area (TPSA) is 9.23 Å². The lowest BCUT2D eigenvalue weighted by molar-refractivity contribution is -0.0521. The van der Waals surface area contributed by atoms with E-state index in [1.807, 2.05) is 18.2 Å². The fraction of sp³-hybridized carbons (Fsp3) is 0.226. The molecular weight excluding hydrogens is 464 g/mol. The van der Waals surface area contributed by atoms with Crippen LogP contribution in [0.3, 0.4) is 0 Å². The van der Waals surface area contributed by atoms with Crippen LogP contribution in [0.2, 0.25) is 0 Å². The molecule has 0 bridgehead atoms. The molecule has 0 aliphatic carbocycles. The number of unbranched alkanes of at least 4 members (excludes halogenated alkanes) is 1. The van der Waals surface area contributed by atoms with Gasteiger partial charge in [-0.1, -0.05) is 73.7 Å². The standard InChI is InChI=1S/C31H26F4O/c1-2-3-4-21-5-7-22(8-6-21)9-10-23-12-17-27-26(19-23)16-15-25(30(27)33)14-11-24-13-18-29(28(32)20-24)36-31(34)35/h5-8,12-13,15-20,31H,2-4,9-10H2,1H3. The summed E-state index contributed by atoms with van der Waals surface area (Å²) in [5.74, 6) is 3.41. The van der Waals surface area contributed by atoms with Crippen LogP contribution >= 0.6 is 0 Å². The lowest BCUT2D eigenvalue weighted by Crippen LogP contribution is -2.03. The third kappa shape index (κ3) is 6.46. The summed E-state index contributed by atoms with van der Waals surface area (Å²) in [6, 6.07) is 21.2. The lowest BCUT2D eigenvalue weighted by atomic mass is 9.98. The van der Waals surface area contributed by atoms with Crippen molar-refractivity contribution < 1.29 is 22.3 Å². The van der Waals surface area contributed by atoms with Crippen molar-refractivity contribution in [2.24, 2.45) is 0 Å². The van der Waals surface area contributed by atoms with Gasteiger partial charge >= 0.3 is 6.61 Å². The number of hydrogen-bond donors (Lipinski definition) is 0. The molecule has 0 spiro atoms. The summed E-state index contributed by atoms with van der Waals surface area (Å²) in [6.07, 6.45) is 5.25. The van der Waals surface area contributed by atoms with Crippen LogP contribution < -0.4 is 4.74 Å². The smallest absolute Gasteiger partial charge is 0.387 e. The van der Waals surface area contributed by atoms with Crippen molar-refractivity contribution in [3.63, 3.8) is 0 Å². The van der Waals surface area contributed by atoms with Crippen LogP contribution in [-0.4, -0.2) is 6.61 Å². The highest BCUT2D eigenvalue weighted by Crippen LogP contribution is 2.24. The number of ether oxygens (including phenoxy) is 1. The number of fused-ring (bicyclic) bond motifs is 1. The van der Waals surface area contributed by atoms with E-state index >= 15 is 4.39 Å². The van der Waals surface area contributed by atoms with Crippen molar-refractivity contribution in [2.75, 3.05) is 0 Å². The van der Waals surface area contributed by atoms with Crippen LogP contribution in [0.25, 0.3) is 10.8 Å². The van der Waals surface area contributed by atoms with Gasteiger partial charge in [-0.25, -0.2) is 8.78 Å². The maximum atomic E-state index is 15.1. The van der Waals surface area contributed by atoms with E-state index in [1.54, 1.807) is 12.1 Å². The van der Waals surface area contributed by atoms with Gasteiger partial charge in [0.1, 0.15) is 5.82 Å². The Balaban J connectivity index is 1.46. The summed E-state index contributed by atoms with van der Waals surface area (Å²) in [5.41, 5.74) is 4.16. The van der Waals surface area contributed by atoms with E-state index in [-0.39, 0.29) is 11.1 Å². The molecule has 0 atom stereocenters. The molecule has 4 aromatic carbocycles. The summed E-state index contributed by atoms with van der Waals surface area (Å²) < 4.78 is 57.6. The van der Waals surface area contributed by atoms with E-state index in [0.29, 0.717) is 5.39 Å². The van der Waals surface area contributed by atoms with Gasteiger partial charge in [0.15, 0.2) is 11.6 Å². The average Bonchev–Trinajstić information content (AvgIpc) is 2.87. The van der Waals surface area contributed by atoms with E-state index in [0.717, 1.165) is 42.3 Å². The predicted octanol–water partition coefficient (Wildman–Crippen LogP) is 8.25. The highest BCUT2D eigenvalue weighted by atomic mass is 19.3. The normalized spacial score (nSPS) is 10.9. The van der Waals surface area contributed by atoms with Crippen LogP contribution in [0.5, 0.6) is 5.75 Å². The van der Waals surface area contributed by atoms with Gasteiger partial charge in [0.25, 0.3) is 0 Å². The Morgan fingerprint density at radius 2 is 1.44 bits per heavy atom. The molecule has 0 aliphatic heterocycles. The molecule has 0 saturated carbocycles. The molecule has 0 saturated heterocycles. The summed E-state index contributed by atoms with van der Waals surface area (Å²) >= 11 is 0. The SMILES string of the molecule is CCCCc1ccc(CCc2ccc3c(F)c(C#Cc4ccc(OC(F)F)c(F)c4)ccc3c2)cc1. The van der Waals surface area contributed by atoms with Crippen molar-refractivity contribution in [2.45, 2.75) is 45.6 Å². The van der Waals surface area contributed by atoms with Crippen LogP contribution in [0.4, 0.5) is 17.6 Å². The Morgan fingerprint density at radius 3 is 2.14 bits per heavy atom. The van der Waals surface area contributed by atoms with Crippen LogP contribution in [0, 0.1) is 23.5 Å². The molecule has 0 aliphatic rings. The average molecular weight is 491 g/mol. The van der Waals surface area contributed by atoms with Gasteiger partial charge in [-0.15, -0.1) is 0 Å². The Bertz CT molecular complexity index is 1400. The van der Waals surface area contributed by atoms with Crippen molar-refractivity contribution in [3.05, 3.63) is 112 Å². The van der Waals surface area contributed by atoms with Crippen LogP contribution in [-0.2, 0) is 19.3 Å². The number of benzene rings is 4. The van der Waals surface area contributed by atoms with E-state index in [9.17, 15) is 13.2 Å². The monoisotopic (exact) mass is 490 g/mol. The van der Waals surface area contributed by atoms with Gasteiger partial charge in [-0.3, -0.25) is 0 Å². The molecule has 5 heteroatoms. The Kier molecular flexibility index (Phi) is 8.28. The van der Waals surface area contributed by atoms with Crippen molar-refractivity contribution in [1.82, 2.24) is 0 Å². The molecule has 0 aromatic heterocycles. The van der Waals surface area contributed by atoms with Gasteiger partial charge in [0, 0.05) is 10.9 Å². The zero-order valence-electron chi connectivity index (χ0n) is 20.0. The third-order valence-electron chi connectivity index (χ3n) is 6.05. The minimum atomic E-state index is -3.12. The number of alkyl halides is 2. The molecule has 0 unspecified atom stereocenters. The maximum absolute atomic E-state index is 15.1. The molecular formula is C31H26F4O. The van der Waals surface area contributed by atoms with Crippen molar-refractivity contribution in [3.8, 4) is 17.6 Å². The molecule has 0 radical (unpaired) electrons. The van der Waals surface area contributed by atoms with Gasteiger partial charge in [0.05, 0.1) is 5.56 Å². The first-order chi connectivity index (χ1) is 17.4. The zero-order valence-corrected chi connectivity index (χ0v) is 20.0. The number of hydrogen-bond acceptors (Lipinski definition) is 1. The molecule has 4 rings (SSSR count). The summed E-state index contributed by atoms with van der Waals surface area (Å²) in [5, 5.41) is 1.24. The lowest BCUT2D eigenvalue weighted by Gasteiger charge is -2.07. The molecule has 0 heterocycles. The quantitative estimate of drug-likeness (QED) is 0.178. The minimum absolute atomic E-state index is 0.173. The molecule has 0 N–H and O–H groups in total. The number of rotatable bonds is 8. The first-order valence-electron chi connectivity index (χ1n) is 12.0. The Morgan fingerprint density at radius 1 is 0.750 bits per heavy atom. The van der Waals surface area contributed by atoms with E-state index in [1.165, 1.54) is 30.0 Å². The summed E-state index contributed by atoms with van der Waals surface area (Å²) in [4.78, 5) is 0. The van der Waals surface area contributed by atoms with Gasteiger partial charge in [0.2, 0.25) is 0 Å². The highest BCUT2D eigenvalue weighted by Gasteiger charge is 2.10. The van der Waals surface area contributed by atoms with E-state index in [4.69, 9.17) is 0 Å². The second-order valence-electron chi connectivity index (χ2n) is 8.68. The van der Waals surface area contributed by atoms with Crippen LogP contribution in [0.1, 0.15) is 47.6 Å². The van der Waals surface area contributed by atoms with Crippen LogP contribution in [0.15, 0.2) is 72.8 Å². The second-order valence-corrected chi connectivity index (χ2v) is 8.68. The third-order valence-corrected chi connectivity index (χ3v) is 6.05. The molecule has 1 nitrogen and oxygen atoms in total. The fourth-order valence-electron chi connectivity index (χ4n) is 4.05. The molecule has 0 fully saturated rings. The number of aryl methyl sites for hydroxylation is 3. The maximum Gasteiger partial charge on any atom is 0.387 e. The Hall–Kier alpha value is -3.78. The van der Waals surface area contributed by atoms with Gasteiger partial charge in [-0.05, 0) is 72.0 Å². The van der Waals surface area contributed by atoms with Crippen molar-refractivity contribution >= 4 is 10.8 Å². The minimum Gasteiger partial charge on any atom is -0.432 e. The fourth-order valence-corrected chi connectivity index (χ4v) is 4.05. The summed E-state index contributed by atoms with van der Waals surface area (Å²) in [6.45, 7) is -0.927. The van der Waals surface area contributed by atoms with E-state index < -0.39 is 24.0 Å². The first-order valence-corrected chi connectivity index (χ1v) is 12.0. The van der Waals surface area contributed by atoms with Gasteiger partial charge in [-0.2, -0.15) is 8.78 Å². The Labute approximate surface area is 208 Å². The van der Waals surface area contributed by atoms with Crippen molar-refractivity contribution in [1.29, 1.82) is 0 Å². The molecule has 184 valence electrons. The van der Waals surface area contributed by atoms with Gasteiger partial charge < -0.3 is 4.74 Å². The molecule has 0 amide bonds. The zero-order chi connectivity index (χ0) is 25.5. The first kappa shape index (κ1) is 25.3. The predicted molar refractivity (Wildman–Crippen MR) is 135 cm³/mol. The second kappa shape index (κ2) is 11.8. The van der Waals surface area contributed by atoms with E-state index in [2.05, 4.69) is 47.8 Å². The largest absolute Gasteiger partial charge is 0.432 e. The highest BCUT2D eigenvalue weighted by molar-refractivity contribution is 5.85.